The van der Waals surface area contributed by atoms with E-state index >= 15 is 0 Å². The van der Waals surface area contributed by atoms with Crippen molar-refractivity contribution >= 4 is 0 Å². The van der Waals surface area contributed by atoms with Gasteiger partial charge in [-0.15, -0.1) is 0 Å². The quantitative estimate of drug-likeness (QED) is 0.776. The van der Waals surface area contributed by atoms with Gasteiger partial charge in [0.05, 0.1) is 0 Å². The molecule has 0 unspecified atom stereocenters. The lowest BCUT2D eigenvalue weighted by molar-refractivity contribution is 0.0413. The molecule has 4 nitrogen and oxygen atoms in total. The molecule has 0 aromatic carbocycles. The minimum absolute atomic E-state index is 0.0259. The summed E-state index contributed by atoms with van der Waals surface area (Å²) in [6.07, 6.45) is 2.71. The van der Waals surface area contributed by atoms with Crippen molar-refractivity contribution in [2.24, 2.45) is 5.73 Å². The first-order chi connectivity index (χ1) is 6.63. The van der Waals surface area contributed by atoms with Crippen LogP contribution in [0.5, 0.6) is 0 Å². The summed E-state index contributed by atoms with van der Waals surface area (Å²) in [5.74, 6) is 0.724. The van der Waals surface area contributed by atoms with E-state index in [4.69, 9.17) is 5.73 Å². The van der Waals surface area contributed by atoms with E-state index in [9.17, 15) is 4.39 Å². The van der Waals surface area contributed by atoms with E-state index in [1.807, 2.05) is 6.92 Å². The highest BCUT2D eigenvalue weighted by atomic mass is 19.1. The number of aromatic nitrogens is 3. The summed E-state index contributed by atoms with van der Waals surface area (Å²) in [5, 5.41) is 4.00. The fourth-order valence-electron chi connectivity index (χ4n) is 2.00. The molecule has 1 heterocycles. The molecule has 2 rings (SSSR count). The summed E-state index contributed by atoms with van der Waals surface area (Å²) < 4.78 is 15.6. The Balaban J connectivity index is 2.04. The highest BCUT2D eigenvalue weighted by Crippen LogP contribution is 2.37. The Morgan fingerprint density at radius 2 is 2.43 bits per heavy atom. The van der Waals surface area contributed by atoms with Crippen LogP contribution < -0.4 is 5.73 Å². The van der Waals surface area contributed by atoms with Gasteiger partial charge in [-0.3, -0.25) is 4.68 Å². The van der Waals surface area contributed by atoms with E-state index in [1.54, 1.807) is 4.68 Å². The molecule has 14 heavy (non-hydrogen) atoms. The number of hydrogen-bond acceptors (Lipinski definition) is 3. The predicted octanol–water partition coefficient (Wildman–Crippen LogP) is 0.670. The van der Waals surface area contributed by atoms with Crippen LogP contribution >= 0.6 is 0 Å². The Morgan fingerprint density at radius 1 is 1.71 bits per heavy atom. The maximum Gasteiger partial charge on any atom is 0.138 e. The molecule has 2 N–H and O–H groups in total. The van der Waals surface area contributed by atoms with Crippen molar-refractivity contribution in [3.05, 3.63) is 12.2 Å². The van der Waals surface area contributed by atoms with Crippen molar-refractivity contribution < 1.29 is 4.39 Å². The summed E-state index contributed by atoms with van der Waals surface area (Å²) in [6.45, 7) is 2.70. The van der Waals surface area contributed by atoms with Crippen LogP contribution in [0.1, 0.15) is 25.6 Å². The largest absolute Gasteiger partial charge is 0.327 e. The van der Waals surface area contributed by atoms with E-state index < -0.39 is 5.67 Å². The van der Waals surface area contributed by atoms with E-state index in [0.29, 0.717) is 19.3 Å². The van der Waals surface area contributed by atoms with Crippen molar-refractivity contribution in [3.63, 3.8) is 0 Å². The minimum Gasteiger partial charge on any atom is -0.327 e. The fourth-order valence-corrected chi connectivity index (χ4v) is 2.00. The van der Waals surface area contributed by atoms with Gasteiger partial charge < -0.3 is 5.73 Å². The third-order valence-electron chi connectivity index (χ3n) is 2.73. The average Bonchev–Trinajstić information content (AvgIpc) is 2.49. The van der Waals surface area contributed by atoms with E-state index in [0.717, 1.165) is 12.4 Å². The predicted molar refractivity (Wildman–Crippen MR) is 50.4 cm³/mol. The fraction of sp³-hybridized carbons (Fsp3) is 0.778. The molecule has 1 aliphatic carbocycles. The number of aryl methyl sites for hydroxylation is 1. The van der Waals surface area contributed by atoms with Crippen molar-refractivity contribution in [2.75, 3.05) is 0 Å². The monoisotopic (exact) mass is 198 g/mol. The van der Waals surface area contributed by atoms with Crippen LogP contribution in [0.4, 0.5) is 4.39 Å². The summed E-state index contributed by atoms with van der Waals surface area (Å²) in [7, 11) is 0. The van der Waals surface area contributed by atoms with E-state index in [1.165, 1.54) is 6.33 Å². The molecule has 0 amide bonds. The molecule has 78 valence electrons. The third kappa shape index (κ3) is 1.64. The van der Waals surface area contributed by atoms with Crippen molar-refractivity contribution in [1.82, 2.24) is 14.8 Å². The number of alkyl halides is 1. The average molecular weight is 198 g/mol. The molecule has 0 saturated heterocycles. The SMILES string of the molecule is CCn1ncnc1CC1(F)CC(N)C1. The molecule has 0 atom stereocenters. The number of hydrogen-bond donors (Lipinski definition) is 1. The summed E-state index contributed by atoms with van der Waals surface area (Å²) in [4.78, 5) is 4.05. The van der Waals surface area contributed by atoms with Gasteiger partial charge in [0.25, 0.3) is 0 Å². The van der Waals surface area contributed by atoms with Gasteiger partial charge in [0.1, 0.15) is 17.8 Å². The Hall–Kier alpha value is -0.970. The molecule has 0 spiro atoms. The lowest BCUT2D eigenvalue weighted by Crippen LogP contribution is -2.50. The number of halogens is 1. The standard InChI is InChI=1S/C9H15FN4/c1-2-14-8(12-6-13-14)5-9(10)3-7(11)4-9/h6-7H,2-5,11H2,1H3. The Morgan fingerprint density at radius 3 is 3.00 bits per heavy atom. The van der Waals surface area contributed by atoms with Crippen molar-refractivity contribution in [2.45, 2.75) is 44.4 Å². The maximum atomic E-state index is 13.9. The van der Waals surface area contributed by atoms with Gasteiger partial charge in [-0.05, 0) is 19.8 Å². The first-order valence-electron chi connectivity index (χ1n) is 4.94. The molecule has 1 aromatic heterocycles. The van der Waals surface area contributed by atoms with Crippen LogP contribution in [-0.4, -0.2) is 26.5 Å². The first-order valence-corrected chi connectivity index (χ1v) is 4.94. The van der Waals surface area contributed by atoms with Crippen LogP contribution in [0.2, 0.25) is 0 Å². The van der Waals surface area contributed by atoms with Crippen molar-refractivity contribution in [1.29, 1.82) is 0 Å². The van der Waals surface area contributed by atoms with Gasteiger partial charge in [-0.1, -0.05) is 0 Å². The molecule has 0 radical (unpaired) electrons. The van der Waals surface area contributed by atoms with Crippen molar-refractivity contribution in [3.8, 4) is 0 Å². The highest BCUT2D eigenvalue weighted by molar-refractivity contribution is 5.04. The lowest BCUT2D eigenvalue weighted by atomic mass is 9.75. The van der Waals surface area contributed by atoms with E-state index in [-0.39, 0.29) is 6.04 Å². The second kappa shape index (κ2) is 3.31. The molecule has 5 heteroatoms. The van der Waals surface area contributed by atoms with Gasteiger partial charge in [-0.2, -0.15) is 5.10 Å². The molecule has 0 aliphatic heterocycles. The molecule has 1 aromatic rings. The minimum atomic E-state index is -1.14. The molecule has 0 bridgehead atoms. The van der Waals surface area contributed by atoms with Crippen LogP contribution in [0.25, 0.3) is 0 Å². The van der Waals surface area contributed by atoms with Crippen LogP contribution in [0.15, 0.2) is 6.33 Å². The molecule has 1 aliphatic rings. The molecular weight excluding hydrogens is 183 g/mol. The number of nitrogens with zero attached hydrogens (tertiary/aromatic N) is 3. The van der Waals surface area contributed by atoms with Crippen LogP contribution in [0, 0.1) is 0 Å². The van der Waals surface area contributed by atoms with E-state index in [2.05, 4.69) is 10.1 Å². The normalized spacial score (nSPS) is 31.5. The first kappa shape index (κ1) is 9.58. The molecular formula is C9H15FN4. The molecule has 1 fully saturated rings. The second-order valence-corrected chi connectivity index (χ2v) is 3.99. The number of rotatable bonds is 3. The maximum absolute atomic E-state index is 13.9. The smallest absolute Gasteiger partial charge is 0.138 e. The zero-order chi connectivity index (χ0) is 10.2. The molecule has 1 saturated carbocycles. The third-order valence-corrected chi connectivity index (χ3v) is 2.73. The second-order valence-electron chi connectivity index (χ2n) is 3.99. The van der Waals surface area contributed by atoms with Gasteiger partial charge in [-0.25, -0.2) is 9.37 Å². The zero-order valence-corrected chi connectivity index (χ0v) is 8.28. The summed E-state index contributed by atoms with van der Waals surface area (Å²) in [6, 6.07) is 0.0259. The van der Waals surface area contributed by atoms with Gasteiger partial charge >= 0.3 is 0 Å². The highest BCUT2D eigenvalue weighted by Gasteiger charge is 2.43. The summed E-state index contributed by atoms with van der Waals surface area (Å²) >= 11 is 0. The topological polar surface area (TPSA) is 56.7 Å². The van der Waals surface area contributed by atoms with Gasteiger partial charge in [0, 0.05) is 19.0 Å². The van der Waals surface area contributed by atoms with Gasteiger partial charge in [0.15, 0.2) is 0 Å². The lowest BCUT2D eigenvalue weighted by Gasteiger charge is -2.38. The van der Waals surface area contributed by atoms with Gasteiger partial charge in [0.2, 0.25) is 0 Å². The number of nitrogens with two attached hydrogens (primary N) is 1. The Kier molecular flexibility index (Phi) is 2.26. The summed E-state index contributed by atoms with van der Waals surface area (Å²) in [5.41, 5.74) is 4.43. The zero-order valence-electron chi connectivity index (χ0n) is 8.28. The Labute approximate surface area is 82.3 Å². The van der Waals surface area contributed by atoms with Crippen LogP contribution in [-0.2, 0) is 13.0 Å². The van der Waals surface area contributed by atoms with Crippen LogP contribution in [0.3, 0.4) is 0 Å². The Bertz CT molecular complexity index is 316.